The van der Waals surface area contributed by atoms with E-state index in [4.69, 9.17) is 14.2 Å². The Morgan fingerprint density at radius 2 is 1.35 bits per heavy atom. The molecule has 0 bridgehead atoms. The molecular formula is C26H46F4O4. The second-order valence-electron chi connectivity index (χ2n) is 9.19. The molecule has 1 aliphatic rings. The molecule has 0 aliphatic heterocycles. The molecule has 4 nitrogen and oxygen atoms in total. The molecule has 1 aromatic carbocycles. The summed E-state index contributed by atoms with van der Waals surface area (Å²) in [5.74, 6) is 0.955. The Labute approximate surface area is 204 Å². The molecule has 0 spiro atoms. The van der Waals surface area contributed by atoms with Gasteiger partial charge in [0, 0.05) is 13.7 Å². The molecule has 1 aromatic rings. The van der Waals surface area contributed by atoms with E-state index in [1.807, 2.05) is 40.7 Å². The number of alkyl halides is 3. The zero-order valence-corrected chi connectivity index (χ0v) is 22.6. The maximum atomic E-state index is 13.1. The van der Waals surface area contributed by atoms with Crippen molar-refractivity contribution < 1.29 is 36.5 Å². The number of aryl methyl sites for hydroxylation is 1. The van der Waals surface area contributed by atoms with Crippen LogP contribution in [0.1, 0.15) is 73.8 Å². The minimum Gasteiger partial charge on any atom is -0.488 e. The second kappa shape index (κ2) is 18.9. The van der Waals surface area contributed by atoms with Gasteiger partial charge in [-0.15, -0.1) is 0 Å². The van der Waals surface area contributed by atoms with Gasteiger partial charge in [0.25, 0.3) is 0 Å². The minimum absolute atomic E-state index is 0.0159. The van der Waals surface area contributed by atoms with Gasteiger partial charge in [0.2, 0.25) is 0 Å². The van der Waals surface area contributed by atoms with Crippen molar-refractivity contribution in [2.45, 2.75) is 106 Å². The third kappa shape index (κ3) is 26.9. The van der Waals surface area contributed by atoms with E-state index < -0.39 is 12.8 Å². The number of methoxy groups -OCH3 is 1. The van der Waals surface area contributed by atoms with Crippen molar-refractivity contribution in [3.05, 3.63) is 29.6 Å². The van der Waals surface area contributed by atoms with Gasteiger partial charge in [-0.2, -0.15) is 13.2 Å². The van der Waals surface area contributed by atoms with Crippen LogP contribution in [-0.4, -0.2) is 50.9 Å². The Balaban J connectivity index is 0. The van der Waals surface area contributed by atoms with Crippen LogP contribution < -0.4 is 4.74 Å². The van der Waals surface area contributed by atoms with Crippen LogP contribution in [0.4, 0.5) is 17.6 Å². The highest BCUT2D eigenvalue weighted by atomic mass is 19.4. The summed E-state index contributed by atoms with van der Waals surface area (Å²) in [5, 5.41) is 0. The van der Waals surface area contributed by atoms with Crippen LogP contribution in [0.5, 0.6) is 5.75 Å². The van der Waals surface area contributed by atoms with Gasteiger partial charge in [-0.1, -0.05) is 6.07 Å². The molecule has 1 fully saturated rings. The third-order valence-electron chi connectivity index (χ3n) is 3.86. The molecule has 1 aliphatic carbocycles. The summed E-state index contributed by atoms with van der Waals surface area (Å²) >= 11 is 0. The van der Waals surface area contributed by atoms with E-state index in [0.717, 1.165) is 18.1 Å². The molecule has 0 heterocycles. The van der Waals surface area contributed by atoms with Gasteiger partial charge in [-0.3, -0.25) is 0 Å². The highest BCUT2D eigenvalue weighted by Crippen LogP contribution is 2.29. The molecule has 0 aromatic heterocycles. The fourth-order valence-corrected chi connectivity index (χ4v) is 1.83. The van der Waals surface area contributed by atoms with Gasteiger partial charge in [0.1, 0.15) is 6.61 Å². The van der Waals surface area contributed by atoms with Gasteiger partial charge in [-0.25, -0.2) is 4.39 Å². The van der Waals surface area contributed by atoms with Crippen LogP contribution in [0.3, 0.4) is 0 Å². The van der Waals surface area contributed by atoms with E-state index in [-0.39, 0.29) is 18.0 Å². The number of halogens is 4. The van der Waals surface area contributed by atoms with Gasteiger partial charge in [-0.05, 0) is 98.8 Å². The van der Waals surface area contributed by atoms with Crippen molar-refractivity contribution in [1.29, 1.82) is 0 Å². The molecule has 8 heteroatoms. The normalized spacial score (nSPS) is 13.1. The van der Waals surface area contributed by atoms with Crippen LogP contribution in [-0.2, 0) is 14.2 Å². The first-order valence-electron chi connectivity index (χ1n) is 11.8. The summed E-state index contributed by atoms with van der Waals surface area (Å²) < 4.78 is 66.6. The van der Waals surface area contributed by atoms with E-state index in [9.17, 15) is 17.6 Å². The van der Waals surface area contributed by atoms with Gasteiger partial charge in [0.05, 0.1) is 24.4 Å². The molecule has 0 unspecified atom stereocenters. The first-order chi connectivity index (χ1) is 15.6. The van der Waals surface area contributed by atoms with Crippen LogP contribution in [0, 0.1) is 18.7 Å². The fraction of sp³-hybridized carbons (Fsp3) is 0.769. The number of benzene rings is 1. The van der Waals surface area contributed by atoms with Crippen LogP contribution in [0.15, 0.2) is 18.2 Å². The Bertz CT molecular complexity index is 611. The Morgan fingerprint density at radius 1 is 0.853 bits per heavy atom. The summed E-state index contributed by atoms with van der Waals surface area (Å²) in [4.78, 5) is 0. The lowest BCUT2D eigenvalue weighted by Gasteiger charge is -2.10. The smallest absolute Gasteiger partial charge is 0.411 e. The van der Waals surface area contributed by atoms with E-state index in [1.165, 1.54) is 18.9 Å². The zero-order valence-electron chi connectivity index (χ0n) is 22.6. The monoisotopic (exact) mass is 498 g/mol. The maximum Gasteiger partial charge on any atom is 0.411 e. The average Bonchev–Trinajstić information content (AvgIpc) is 3.52. The van der Waals surface area contributed by atoms with Crippen LogP contribution in [0.2, 0.25) is 0 Å². The number of hydrogen-bond donors (Lipinski definition) is 0. The summed E-state index contributed by atoms with van der Waals surface area (Å²) in [6.07, 6.45) is -0.927. The fourth-order valence-electron chi connectivity index (χ4n) is 1.83. The number of rotatable bonds is 8. The lowest BCUT2D eigenvalue weighted by molar-refractivity contribution is -0.181. The SMILES string of the molecule is CC(C)OCC(F)(F)F.CC(C)OCC1CC1.COC(C)C.Cc1ccc(OC(C)C)c(F)c1. The quantitative estimate of drug-likeness (QED) is 0.343. The van der Waals surface area contributed by atoms with Crippen molar-refractivity contribution in [2.75, 3.05) is 20.3 Å². The summed E-state index contributed by atoms with van der Waals surface area (Å²) in [7, 11) is 1.70. The number of hydrogen-bond acceptors (Lipinski definition) is 4. The molecule has 0 N–H and O–H groups in total. The standard InChI is InChI=1S/C10H13FO.C7H14O.C5H9F3O.C4H10O/c1-7(2)12-10-5-4-8(3)6-9(10)11;1-6(2)8-5-7-3-4-7;1-4(2)9-3-5(6,7)8;1-4(2)5-3/h4-7H,1-3H3;6-7H,3-5H2,1-2H3;4H,3H2,1-2H3;4H,1-3H3. The average molecular weight is 499 g/mol. The molecule has 1 saturated carbocycles. The maximum absolute atomic E-state index is 13.1. The Kier molecular flexibility index (Phi) is 19.3. The van der Waals surface area contributed by atoms with E-state index in [2.05, 4.69) is 18.6 Å². The van der Waals surface area contributed by atoms with E-state index >= 15 is 0 Å². The lowest BCUT2D eigenvalue weighted by atomic mass is 10.2. The molecule has 202 valence electrons. The molecular weight excluding hydrogens is 452 g/mol. The van der Waals surface area contributed by atoms with Crippen LogP contribution in [0.25, 0.3) is 0 Å². The van der Waals surface area contributed by atoms with Crippen molar-refractivity contribution in [1.82, 2.24) is 0 Å². The van der Waals surface area contributed by atoms with Gasteiger partial charge < -0.3 is 18.9 Å². The summed E-state index contributed by atoms with van der Waals surface area (Å²) in [6.45, 7) is 16.7. The summed E-state index contributed by atoms with van der Waals surface area (Å²) in [5.41, 5.74) is 0.906. The molecule has 2 rings (SSSR count). The minimum atomic E-state index is -4.19. The Hall–Kier alpha value is -1.38. The lowest BCUT2D eigenvalue weighted by Crippen LogP contribution is -2.19. The molecule has 0 saturated heterocycles. The van der Waals surface area contributed by atoms with E-state index in [0.29, 0.717) is 18.0 Å². The second-order valence-corrected chi connectivity index (χ2v) is 9.19. The molecule has 34 heavy (non-hydrogen) atoms. The van der Waals surface area contributed by atoms with E-state index in [1.54, 1.807) is 27.0 Å². The van der Waals surface area contributed by atoms with Crippen molar-refractivity contribution in [3.8, 4) is 5.75 Å². The largest absolute Gasteiger partial charge is 0.488 e. The highest BCUT2D eigenvalue weighted by Gasteiger charge is 2.27. The van der Waals surface area contributed by atoms with Crippen molar-refractivity contribution in [3.63, 3.8) is 0 Å². The Morgan fingerprint density at radius 3 is 1.65 bits per heavy atom. The van der Waals surface area contributed by atoms with Gasteiger partial charge >= 0.3 is 6.18 Å². The van der Waals surface area contributed by atoms with Crippen molar-refractivity contribution >= 4 is 0 Å². The predicted octanol–water partition coefficient (Wildman–Crippen LogP) is 7.76. The topological polar surface area (TPSA) is 36.9 Å². The third-order valence-corrected chi connectivity index (χ3v) is 3.86. The zero-order chi connectivity index (χ0) is 26.9. The summed E-state index contributed by atoms with van der Waals surface area (Å²) in [6, 6.07) is 4.96. The first-order valence-corrected chi connectivity index (χ1v) is 11.8. The number of ether oxygens (including phenoxy) is 4. The highest BCUT2D eigenvalue weighted by molar-refractivity contribution is 5.28. The van der Waals surface area contributed by atoms with Gasteiger partial charge in [0.15, 0.2) is 11.6 Å². The predicted molar refractivity (Wildman–Crippen MR) is 130 cm³/mol. The molecule has 0 atom stereocenters. The molecule has 0 amide bonds. The van der Waals surface area contributed by atoms with Crippen LogP contribution >= 0.6 is 0 Å². The molecule has 0 radical (unpaired) electrons. The van der Waals surface area contributed by atoms with Crippen molar-refractivity contribution in [2.24, 2.45) is 5.92 Å². The first kappa shape index (κ1) is 34.8.